The predicted molar refractivity (Wildman–Crippen MR) is 68.0 cm³/mol. The van der Waals surface area contributed by atoms with E-state index in [4.69, 9.17) is 19.9 Å². The third-order valence-electron chi connectivity index (χ3n) is 3.51. The molecule has 1 fully saturated rings. The number of benzene rings is 1. The Balaban J connectivity index is 1.60. The van der Waals surface area contributed by atoms with Crippen molar-refractivity contribution in [3.8, 4) is 11.5 Å². The summed E-state index contributed by atoms with van der Waals surface area (Å²) in [6, 6.07) is 5.86. The monoisotopic (exact) mass is 249 g/mol. The second-order valence-corrected chi connectivity index (χ2v) is 4.92. The van der Waals surface area contributed by atoms with Gasteiger partial charge in [0, 0.05) is 18.2 Å². The largest absolute Gasteiger partial charge is 0.491 e. The van der Waals surface area contributed by atoms with Crippen molar-refractivity contribution in [2.75, 3.05) is 19.8 Å². The van der Waals surface area contributed by atoms with Crippen LogP contribution in [-0.4, -0.2) is 25.9 Å². The molecule has 0 saturated carbocycles. The van der Waals surface area contributed by atoms with Gasteiger partial charge in [-0.15, -0.1) is 0 Å². The zero-order valence-corrected chi connectivity index (χ0v) is 10.4. The van der Waals surface area contributed by atoms with Crippen molar-refractivity contribution >= 4 is 0 Å². The van der Waals surface area contributed by atoms with E-state index in [-0.39, 0.29) is 12.1 Å². The molecular formula is C14H19NO3. The van der Waals surface area contributed by atoms with Crippen LogP contribution in [0.5, 0.6) is 11.5 Å². The molecule has 2 atom stereocenters. The molecular weight excluding hydrogens is 230 g/mol. The highest BCUT2D eigenvalue weighted by Gasteiger charge is 2.21. The number of nitrogens with two attached hydrogens (primary N) is 1. The van der Waals surface area contributed by atoms with Gasteiger partial charge in [0.1, 0.15) is 24.7 Å². The van der Waals surface area contributed by atoms with Gasteiger partial charge >= 0.3 is 0 Å². The molecule has 2 N–H and O–H groups in total. The lowest BCUT2D eigenvalue weighted by Crippen LogP contribution is -2.25. The zero-order valence-electron chi connectivity index (χ0n) is 10.4. The van der Waals surface area contributed by atoms with Crippen LogP contribution in [0, 0.1) is 0 Å². The Morgan fingerprint density at radius 3 is 3.11 bits per heavy atom. The normalized spacial score (nSPS) is 26.5. The predicted octanol–water partition coefficient (Wildman–Crippen LogP) is 2.03. The van der Waals surface area contributed by atoms with E-state index >= 15 is 0 Å². The average Bonchev–Trinajstić information content (AvgIpc) is 2.79. The highest BCUT2D eigenvalue weighted by Crippen LogP contribution is 2.34. The maximum absolute atomic E-state index is 5.90. The molecule has 2 aliphatic rings. The summed E-state index contributed by atoms with van der Waals surface area (Å²) in [5, 5.41) is 0. The van der Waals surface area contributed by atoms with E-state index in [1.54, 1.807) is 0 Å². The minimum Gasteiger partial charge on any atom is -0.491 e. The highest BCUT2D eigenvalue weighted by atomic mass is 16.5. The minimum atomic E-state index is -0.00396. The Morgan fingerprint density at radius 1 is 1.33 bits per heavy atom. The number of fused-ring (bicyclic) bond motifs is 1. The summed E-state index contributed by atoms with van der Waals surface area (Å²) < 4.78 is 16.9. The van der Waals surface area contributed by atoms with Gasteiger partial charge in [-0.05, 0) is 31.4 Å². The van der Waals surface area contributed by atoms with Crippen molar-refractivity contribution in [1.82, 2.24) is 0 Å². The first-order chi connectivity index (χ1) is 8.83. The van der Waals surface area contributed by atoms with Gasteiger partial charge in [0.05, 0.1) is 12.1 Å². The van der Waals surface area contributed by atoms with Gasteiger partial charge in [0.2, 0.25) is 0 Å². The van der Waals surface area contributed by atoms with Gasteiger partial charge in [-0.2, -0.15) is 0 Å². The third-order valence-corrected chi connectivity index (χ3v) is 3.51. The Hall–Kier alpha value is -1.26. The topological polar surface area (TPSA) is 53.7 Å². The molecule has 1 aromatic rings. The van der Waals surface area contributed by atoms with Crippen molar-refractivity contribution < 1.29 is 14.2 Å². The van der Waals surface area contributed by atoms with Crippen molar-refractivity contribution in [3.63, 3.8) is 0 Å². The highest BCUT2D eigenvalue weighted by molar-refractivity contribution is 5.44. The van der Waals surface area contributed by atoms with Gasteiger partial charge in [-0.1, -0.05) is 0 Å². The summed E-state index contributed by atoms with van der Waals surface area (Å²) >= 11 is 0. The lowest BCUT2D eigenvalue weighted by Gasteiger charge is -2.22. The van der Waals surface area contributed by atoms with Crippen LogP contribution in [0.4, 0.5) is 0 Å². The number of hydrogen-bond acceptors (Lipinski definition) is 4. The second kappa shape index (κ2) is 5.16. The van der Waals surface area contributed by atoms with Crippen LogP contribution in [0.1, 0.15) is 30.9 Å². The van der Waals surface area contributed by atoms with Crippen LogP contribution < -0.4 is 15.2 Å². The fourth-order valence-electron chi connectivity index (χ4n) is 2.43. The van der Waals surface area contributed by atoms with Crippen LogP contribution in [0.15, 0.2) is 18.2 Å². The zero-order chi connectivity index (χ0) is 12.4. The molecule has 2 aliphatic heterocycles. The van der Waals surface area contributed by atoms with Crippen LogP contribution in [0.25, 0.3) is 0 Å². The molecule has 0 aliphatic carbocycles. The van der Waals surface area contributed by atoms with Crippen molar-refractivity contribution in [1.29, 1.82) is 0 Å². The Kier molecular flexibility index (Phi) is 3.39. The van der Waals surface area contributed by atoms with E-state index in [1.165, 1.54) is 12.8 Å². The first kappa shape index (κ1) is 11.8. The van der Waals surface area contributed by atoms with Crippen LogP contribution in [-0.2, 0) is 4.74 Å². The molecule has 0 radical (unpaired) electrons. The van der Waals surface area contributed by atoms with E-state index in [1.807, 2.05) is 18.2 Å². The van der Waals surface area contributed by atoms with Crippen molar-refractivity contribution in [3.05, 3.63) is 23.8 Å². The Morgan fingerprint density at radius 2 is 2.28 bits per heavy atom. The van der Waals surface area contributed by atoms with E-state index in [9.17, 15) is 0 Å². The molecule has 2 unspecified atom stereocenters. The molecule has 1 aromatic carbocycles. The quantitative estimate of drug-likeness (QED) is 0.890. The minimum absolute atomic E-state index is 0.00396. The Bertz CT molecular complexity index is 416. The van der Waals surface area contributed by atoms with E-state index < -0.39 is 0 Å². The average molecular weight is 249 g/mol. The maximum atomic E-state index is 5.90. The lowest BCUT2D eigenvalue weighted by molar-refractivity contribution is -0.0111. The molecule has 0 amide bonds. The van der Waals surface area contributed by atoms with Crippen LogP contribution in [0.2, 0.25) is 0 Å². The molecule has 4 heteroatoms. The SMILES string of the molecule is NC1COc2cc(OCC3CCCCO3)ccc21. The Labute approximate surface area is 107 Å². The van der Waals surface area contributed by atoms with Crippen molar-refractivity contribution in [2.45, 2.75) is 31.4 Å². The molecule has 0 spiro atoms. The van der Waals surface area contributed by atoms with E-state index in [2.05, 4.69) is 0 Å². The molecule has 18 heavy (non-hydrogen) atoms. The van der Waals surface area contributed by atoms with Gasteiger partial charge in [0.25, 0.3) is 0 Å². The van der Waals surface area contributed by atoms with E-state index in [0.717, 1.165) is 30.1 Å². The van der Waals surface area contributed by atoms with Crippen LogP contribution in [0.3, 0.4) is 0 Å². The van der Waals surface area contributed by atoms with Crippen LogP contribution >= 0.6 is 0 Å². The van der Waals surface area contributed by atoms with E-state index in [0.29, 0.717) is 13.2 Å². The molecule has 98 valence electrons. The molecule has 0 bridgehead atoms. The summed E-state index contributed by atoms with van der Waals surface area (Å²) in [4.78, 5) is 0. The fourth-order valence-corrected chi connectivity index (χ4v) is 2.43. The summed E-state index contributed by atoms with van der Waals surface area (Å²) in [6.07, 6.45) is 3.72. The molecule has 4 nitrogen and oxygen atoms in total. The first-order valence-electron chi connectivity index (χ1n) is 6.59. The second-order valence-electron chi connectivity index (χ2n) is 4.92. The fraction of sp³-hybridized carbons (Fsp3) is 0.571. The third kappa shape index (κ3) is 2.44. The number of rotatable bonds is 3. The van der Waals surface area contributed by atoms with Crippen molar-refractivity contribution in [2.24, 2.45) is 5.73 Å². The smallest absolute Gasteiger partial charge is 0.127 e. The van der Waals surface area contributed by atoms with Gasteiger partial charge < -0.3 is 19.9 Å². The lowest BCUT2D eigenvalue weighted by atomic mass is 10.1. The summed E-state index contributed by atoms with van der Waals surface area (Å²) in [5.41, 5.74) is 6.97. The summed E-state index contributed by atoms with van der Waals surface area (Å²) in [5.74, 6) is 1.68. The molecule has 1 saturated heterocycles. The molecule has 0 aromatic heterocycles. The summed E-state index contributed by atoms with van der Waals surface area (Å²) in [6.45, 7) is 2.03. The first-order valence-corrected chi connectivity index (χ1v) is 6.59. The van der Waals surface area contributed by atoms with Gasteiger partial charge in [-0.25, -0.2) is 0 Å². The molecule has 2 heterocycles. The van der Waals surface area contributed by atoms with Gasteiger partial charge in [0.15, 0.2) is 0 Å². The number of hydrogen-bond donors (Lipinski definition) is 1. The number of ether oxygens (including phenoxy) is 3. The molecule has 3 rings (SSSR count). The maximum Gasteiger partial charge on any atom is 0.127 e. The standard InChI is InChI=1S/C14H19NO3/c15-13-9-18-14-7-10(4-5-12(13)14)17-8-11-3-1-2-6-16-11/h4-5,7,11,13H,1-3,6,8-9,15H2. The van der Waals surface area contributed by atoms with Gasteiger partial charge in [-0.3, -0.25) is 0 Å². The summed E-state index contributed by atoms with van der Waals surface area (Å²) in [7, 11) is 0.